The van der Waals surface area contributed by atoms with Crippen molar-refractivity contribution in [1.29, 1.82) is 0 Å². The van der Waals surface area contributed by atoms with Crippen LogP contribution in [0, 0.1) is 0 Å². The van der Waals surface area contributed by atoms with Gasteiger partial charge in [-0.2, -0.15) is 0 Å². The van der Waals surface area contributed by atoms with Crippen molar-refractivity contribution < 1.29 is 14.7 Å². The number of benzene rings is 1. The Morgan fingerprint density at radius 2 is 1.64 bits per heavy atom. The van der Waals surface area contributed by atoms with E-state index in [1.807, 2.05) is 6.07 Å². The highest BCUT2D eigenvalue weighted by Gasteiger charge is 2.04. The summed E-state index contributed by atoms with van der Waals surface area (Å²) in [5.74, 6) is -1.40. The maximum Gasteiger partial charge on any atom is 0.354 e. The topological polar surface area (TPSA) is 106 Å². The van der Waals surface area contributed by atoms with Gasteiger partial charge in [0.2, 0.25) is 5.91 Å². The second-order valence-corrected chi connectivity index (χ2v) is 4.27. The molecule has 0 aliphatic carbocycles. The zero-order valence-electron chi connectivity index (χ0n) is 11.5. The third kappa shape index (κ3) is 3.86. The molecule has 22 heavy (non-hydrogen) atoms. The van der Waals surface area contributed by atoms with Crippen molar-refractivity contribution in [3.05, 3.63) is 72.1 Å². The predicted molar refractivity (Wildman–Crippen MR) is 81.5 cm³/mol. The second-order valence-electron chi connectivity index (χ2n) is 4.27. The number of nitrogens with zero attached hydrogens (tertiary/aromatic N) is 2. The lowest BCUT2D eigenvalue weighted by Gasteiger charge is -1.96. The SMILES string of the molecule is NC(=O)c1ccccc1.O=C(O)c1ccc2ncccc2n1. The molecule has 2 aromatic heterocycles. The number of carbonyl (C=O) groups excluding carboxylic acids is 1. The molecule has 0 radical (unpaired) electrons. The number of aromatic nitrogens is 2. The van der Waals surface area contributed by atoms with Crippen LogP contribution < -0.4 is 5.73 Å². The van der Waals surface area contributed by atoms with Crippen LogP contribution in [0.4, 0.5) is 0 Å². The molecular weight excluding hydrogens is 282 g/mol. The molecule has 3 aromatic rings. The highest BCUT2D eigenvalue weighted by Crippen LogP contribution is 2.08. The molecule has 0 saturated carbocycles. The van der Waals surface area contributed by atoms with Crippen LogP contribution in [0.2, 0.25) is 0 Å². The van der Waals surface area contributed by atoms with E-state index in [2.05, 4.69) is 9.97 Å². The second kappa shape index (κ2) is 6.94. The van der Waals surface area contributed by atoms with Crippen LogP contribution in [-0.4, -0.2) is 27.0 Å². The number of primary amides is 1. The van der Waals surface area contributed by atoms with Crippen molar-refractivity contribution in [2.24, 2.45) is 5.73 Å². The lowest BCUT2D eigenvalue weighted by Crippen LogP contribution is -2.09. The van der Waals surface area contributed by atoms with E-state index in [4.69, 9.17) is 10.8 Å². The molecule has 0 bridgehead atoms. The number of carbonyl (C=O) groups is 2. The first-order valence-corrected chi connectivity index (χ1v) is 6.38. The standard InChI is InChI=1S/C9H6N2O2.C7H7NO/c12-9(13)8-4-3-6-7(11-8)2-1-5-10-6;8-7(9)6-4-2-1-3-5-6/h1-5H,(H,12,13);1-5H,(H2,8,9). The molecule has 0 spiro atoms. The third-order valence-corrected chi connectivity index (χ3v) is 2.73. The quantitative estimate of drug-likeness (QED) is 0.753. The van der Waals surface area contributed by atoms with E-state index in [1.54, 1.807) is 48.7 Å². The maximum atomic E-state index is 10.6. The van der Waals surface area contributed by atoms with E-state index in [-0.39, 0.29) is 11.6 Å². The zero-order chi connectivity index (χ0) is 15.9. The average Bonchev–Trinajstić information content (AvgIpc) is 2.55. The van der Waals surface area contributed by atoms with Crippen molar-refractivity contribution >= 4 is 22.9 Å². The van der Waals surface area contributed by atoms with E-state index >= 15 is 0 Å². The Labute approximate surface area is 126 Å². The van der Waals surface area contributed by atoms with Gasteiger partial charge in [-0.25, -0.2) is 9.78 Å². The molecule has 1 amide bonds. The van der Waals surface area contributed by atoms with Crippen LogP contribution in [0.1, 0.15) is 20.8 Å². The summed E-state index contributed by atoms with van der Waals surface area (Å²) in [6.45, 7) is 0. The van der Waals surface area contributed by atoms with Crippen LogP contribution in [0.25, 0.3) is 11.0 Å². The molecule has 6 heteroatoms. The summed E-state index contributed by atoms with van der Waals surface area (Å²) in [7, 11) is 0. The Kier molecular flexibility index (Phi) is 4.77. The Balaban J connectivity index is 0.000000172. The first kappa shape index (κ1) is 15.1. The molecule has 0 aliphatic heterocycles. The molecule has 1 aromatic carbocycles. The van der Waals surface area contributed by atoms with Crippen molar-refractivity contribution in [1.82, 2.24) is 9.97 Å². The smallest absolute Gasteiger partial charge is 0.354 e. The highest BCUT2D eigenvalue weighted by atomic mass is 16.4. The molecule has 0 atom stereocenters. The van der Waals surface area contributed by atoms with Crippen molar-refractivity contribution in [3.63, 3.8) is 0 Å². The van der Waals surface area contributed by atoms with Crippen molar-refractivity contribution in [3.8, 4) is 0 Å². The summed E-state index contributed by atoms with van der Waals surface area (Å²) in [6.07, 6.45) is 1.64. The fraction of sp³-hybridized carbons (Fsp3) is 0. The van der Waals surface area contributed by atoms with Crippen LogP contribution >= 0.6 is 0 Å². The molecule has 0 unspecified atom stereocenters. The summed E-state index contributed by atoms with van der Waals surface area (Å²) in [5, 5.41) is 8.66. The predicted octanol–water partition coefficient (Wildman–Crippen LogP) is 2.11. The maximum absolute atomic E-state index is 10.6. The number of hydrogen-bond donors (Lipinski definition) is 2. The number of fused-ring (bicyclic) bond motifs is 1. The number of nitrogens with two attached hydrogens (primary N) is 1. The largest absolute Gasteiger partial charge is 0.477 e. The Hall–Kier alpha value is -3.28. The number of rotatable bonds is 2. The minimum absolute atomic E-state index is 0.0421. The number of carboxylic acids is 1. The van der Waals surface area contributed by atoms with Gasteiger partial charge in [0.05, 0.1) is 11.0 Å². The Bertz CT molecular complexity index is 804. The number of hydrogen-bond acceptors (Lipinski definition) is 4. The number of amides is 1. The molecular formula is C16H13N3O3. The fourth-order valence-corrected chi connectivity index (χ4v) is 1.68. The third-order valence-electron chi connectivity index (χ3n) is 2.73. The molecule has 3 N–H and O–H groups in total. The van der Waals surface area contributed by atoms with Gasteiger partial charge in [0.1, 0.15) is 5.69 Å². The van der Waals surface area contributed by atoms with E-state index in [9.17, 15) is 9.59 Å². The summed E-state index contributed by atoms with van der Waals surface area (Å²) in [6, 6.07) is 15.3. The molecule has 0 fully saturated rings. The van der Waals surface area contributed by atoms with Gasteiger partial charge >= 0.3 is 5.97 Å². The Morgan fingerprint density at radius 1 is 0.909 bits per heavy atom. The molecule has 3 rings (SSSR count). The Morgan fingerprint density at radius 3 is 2.23 bits per heavy atom. The minimum Gasteiger partial charge on any atom is -0.477 e. The summed E-state index contributed by atoms with van der Waals surface area (Å²) >= 11 is 0. The first-order valence-electron chi connectivity index (χ1n) is 6.38. The van der Waals surface area contributed by atoms with Gasteiger partial charge in [0.15, 0.2) is 0 Å². The normalized spacial score (nSPS) is 9.64. The van der Waals surface area contributed by atoms with E-state index < -0.39 is 5.97 Å². The molecule has 6 nitrogen and oxygen atoms in total. The first-order chi connectivity index (χ1) is 10.6. The van der Waals surface area contributed by atoms with Gasteiger partial charge in [0.25, 0.3) is 0 Å². The molecule has 0 aliphatic rings. The number of pyridine rings is 2. The van der Waals surface area contributed by atoms with Gasteiger partial charge in [-0.05, 0) is 36.4 Å². The van der Waals surface area contributed by atoms with Crippen LogP contribution in [-0.2, 0) is 0 Å². The van der Waals surface area contributed by atoms with Crippen LogP contribution in [0.3, 0.4) is 0 Å². The minimum atomic E-state index is -1.02. The lowest BCUT2D eigenvalue weighted by molar-refractivity contribution is 0.0690. The van der Waals surface area contributed by atoms with Gasteiger partial charge in [-0.3, -0.25) is 9.78 Å². The summed E-state index contributed by atoms with van der Waals surface area (Å²) in [5.41, 5.74) is 6.87. The van der Waals surface area contributed by atoms with Crippen molar-refractivity contribution in [2.45, 2.75) is 0 Å². The fourth-order valence-electron chi connectivity index (χ4n) is 1.68. The van der Waals surface area contributed by atoms with Gasteiger partial charge in [0, 0.05) is 11.8 Å². The molecule has 0 saturated heterocycles. The van der Waals surface area contributed by atoms with Gasteiger partial charge in [-0.15, -0.1) is 0 Å². The monoisotopic (exact) mass is 295 g/mol. The average molecular weight is 295 g/mol. The summed E-state index contributed by atoms with van der Waals surface area (Å²) in [4.78, 5) is 28.9. The van der Waals surface area contributed by atoms with E-state index in [1.165, 1.54) is 6.07 Å². The van der Waals surface area contributed by atoms with Crippen LogP contribution in [0.5, 0.6) is 0 Å². The highest BCUT2D eigenvalue weighted by molar-refractivity contribution is 5.92. The van der Waals surface area contributed by atoms with Gasteiger partial charge in [-0.1, -0.05) is 18.2 Å². The lowest BCUT2D eigenvalue weighted by atomic mass is 10.2. The van der Waals surface area contributed by atoms with E-state index in [0.717, 1.165) is 0 Å². The zero-order valence-corrected chi connectivity index (χ0v) is 11.5. The number of carboxylic acid groups (broad SMARTS) is 1. The molecule has 110 valence electrons. The van der Waals surface area contributed by atoms with Crippen molar-refractivity contribution in [2.75, 3.05) is 0 Å². The summed E-state index contributed by atoms with van der Waals surface area (Å²) < 4.78 is 0. The van der Waals surface area contributed by atoms with Crippen LogP contribution in [0.15, 0.2) is 60.8 Å². The molecule has 2 heterocycles. The van der Waals surface area contributed by atoms with Gasteiger partial charge < -0.3 is 10.8 Å². The number of aromatic carboxylic acids is 1. The van der Waals surface area contributed by atoms with E-state index in [0.29, 0.717) is 16.6 Å².